The number of carbonyl (C=O) groups excluding carboxylic acids is 1. The number of nitrogens with one attached hydrogen (secondary N) is 1. The fraction of sp³-hybridized carbons (Fsp3) is 0.300. The summed E-state index contributed by atoms with van der Waals surface area (Å²) in [4.78, 5) is 12.7. The van der Waals surface area contributed by atoms with Crippen LogP contribution in [0.5, 0.6) is 11.5 Å². The predicted molar refractivity (Wildman–Crippen MR) is 102 cm³/mol. The lowest BCUT2D eigenvalue weighted by Gasteiger charge is -2.26. The van der Waals surface area contributed by atoms with Crippen LogP contribution in [0.1, 0.15) is 35.3 Å². The van der Waals surface area contributed by atoms with Gasteiger partial charge in [0, 0.05) is 17.5 Å². The quantitative estimate of drug-likeness (QED) is 0.732. The number of ether oxygens (including phenoxy) is 2. The van der Waals surface area contributed by atoms with E-state index in [1.807, 2.05) is 37.3 Å². The van der Waals surface area contributed by atoms with Crippen LogP contribution in [0.15, 0.2) is 42.7 Å². The number of carbonyl (C=O) groups is 1. The van der Waals surface area contributed by atoms with Gasteiger partial charge < -0.3 is 14.8 Å². The van der Waals surface area contributed by atoms with Gasteiger partial charge in [0.15, 0.2) is 11.5 Å². The summed E-state index contributed by atoms with van der Waals surface area (Å²) in [6, 6.07) is 11.3. The van der Waals surface area contributed by atoms with Crippen molar-refractivity contribution in [1.29, 1.82) is 0 Å². The Kier molecular flexibility index (Phi) is 4.46. The number of hydrogen-bond acceptors (Lipinski definition) is 6. The third-order valence-corrected chi connectivity index (χ3v) is 4.90. The van der Waals surface area contributed by atoms with Crippen molar-refractivity contribution in [1.82, 2.24) is 25.5 Å². The van der Waals surface area contributed by atoms with Crippen LogP contribution in [0.25, 0.3) is 5.69 Å². The van der Waals surface area contributed by atoms with Crippen LogP contribution in [0.4, 0.5) is 0 Å². The first-order valence-corrected chi connectivity index (χ1v) is 8.96. The van der Waals surface area contributed by atoms with E-state index in [1.165, 1.54) is 6.33 Å². The van der Waals surface area contributed by atoms with Crippen molar-refractivity contribution in [3.63, 3.8) is 0 Å². The molecule has 8 nitrogen and oxygen atoms in total. The summed E-state index contributed by atoms with van der Waals surface area (Å²) in [5.41, 5.74) is 3.15. The standard InChI is InChI=1S/C20H21N5O3/c1-13-8-14(4-6-16(13)25-11-22-23-24-25)19(26)21-10-20(2,3)15-5-7-17-18(9-15)28-12-27-17/h4-9,11H,10,12H2,1-3H3,(H,21,26). The Labute approximate surface area is 162 Å². The van der Waals surface area contributed by atoms with E-state index >= 15 is 0 Å². The van der Waals surface area contributed by atoms with E-state index in [4.69, 9.17) is 9.47 Å². The van der Waals surface area contributed by atoms with Gasteiger partial charge in [-0.1, -0.05) is 19.9 Å². The van der Waals surface area contributed by atoms with Crippen molar-refractivity contribution < 1.29 is 14.3 Å². The molecule has 4 rings (SSSR count). The number of fused-ring (bicyclic) bond motifs is 1. The number of hydrogen-bond donors (Lipinski definition) is 1. The number of tetrazole rings is 1. The molecular weight excluding hydrogens is 358 g/mol. The molecule has 3 aromatic rings. The Morgan fingerprint density at radius 2 is 2.00 bits per heavy atom. The molecule has 0 atom stereocenters. The van der Waals surface area contributed by atoms with Gasteiger partial charge >= 0.3 is 0 Å². The van der Waals surface area contributed by atoms with Crippen LogP contribution < -0.4 is 14.8 Å². The van der Waals surface area contributed by atoms with E-state index in [0.717, 1.165) is 28.3 Å². The molecule has 0 spiro atoms. The molecule has 0 radical (unpaired) electrons. The van der Waals surface area contributed by atoms with Gasteiger partial charge in [-0.3, -0.25) is 4.79 Å². The third-order valence-electron chi connectivity index (χ3n) is 4.90. The van der Waals surface area contributed by atoms with Crippen LogP contribution in [0, 0.1) is 6.92 Å². The van der Waals surface area contributed by atoms with Gasteiger partial charge in [0.2, 0.25) is 6.79 Å². The number of amides is 1. The molecule has 0 saturated heterocycles. The third kappa shape index (κ3) is 3.40. The van der Waals surface area contributed by atoms with E-state index < -0.39 is 0 Å². The summed E-state index contributed by atoms with van der Waals surface area (Å²) in [6.07, 6.45) is 1.52. The Hall–Kier alpha value is -3.42. The summed E-state index contributed by atoms with van der Waals surface area (Å²) in [7, 11) is 0. The molecule has 144 valence electrons. The number of rotatable bonds is 5. The zero-order valence-electron chi connectivity index (χ0n) is 16.0. The highest BCUT2D eigenvalue weighted by atomic mass is 16.7. The summed E-state index contributed by atoms with van der Waals surface area (Å²) in [5, 5.41) is 14.2. The molecule has 2 aromatic carbocycles. The first kappa shape index (κ1) is 18.0. The molecule has 0 fully saturated rings. The van der Waals surface area contributed by atoms with Crippen molar-refractivity contribution >= 4 is 5.91 Å². The van der Waals surface area contributed by atoms with Crippen LogP contribution in [0.2, 0.25) is 0 Å². The minimum atomic E-state index is -0.266. The number of benzene rings is 2. The molecule has 1 aliphatic rings. The Balaban J connectivity index is 1.45. The molecule has 1 N–H and O–H groups in total. The zero-order valence-corrected chi connectivity index (χ0v) is 16.0. The van der Waals surface area contributed by atoms with Gasteiger partial charge in [-0.15, -0.1) is 5.10 Å². The van der Waals surface area contributed by atoms with Crippen molar-refractivity contribution in [3.8, 4) is 17.2 Å². The minimum Gasteiger partial charge on any atom is -0.454 e. The van der Waals surface area contributed by atoms with Crippen molar-refractivity contribution in [2.75, 3.05) is 13.3 Å². The summed E-state index contributed by atoms with van der Waals surface area (Å²) < 4.78 is 12.4. The van der Waals surface area contributed by atoms with Gasteiger partial charge in [0.25, 0.3) is 5.91 Å². The highest BCUT2D eigenvalue weighted by Crippen LogP contribution is 2.36. The second-order valence-corrected chi connectivity index (χ2v) is 7.39. The average Bonchev–Trinajstić information content (AvgIpc) is 3.37. The van der Waals surface area contributed by atoms with Crippen LogP contribution in [-0.4, -0.2) is 39.5 Å². The number of aryl methyl sites for hydroxylation is 1. The number of aromatic nitrogens is 4. The molecule has 0 saturated carbocycles. The smallest absolute Gasteiger partial charge is 0.251 e. The number of nitrogens with zero attached hydrogens (tertiary/aromatic N) is 4. The van der Waals surface area contributed by atoms with Gasteiger partial charge in [-0.2, -0.15) is 0 Å². The maximum Gasteiger partial charge on any atom is 0.251 e. The molecular formula is C20H21N5O3. The minimum absolute atomic E-state index is 0.125. The molecule has 2 heterocycles. The lowest BCUT2D eigenvalue weighted by molar-refractivity contribution is 0.0945. The predicted octanol–water partition coefficient (Wildman–Crippen LogP) is 2.41. The lowest BCUT2D eigenvalue weighted by atomic mass is 9.84. The van der Waals surface area contributed by atoms with Crippen molar-refractivity contribution in [2.24, 2.45) is 0 Å². The molecule has 28 heavy (non-hydrogen) atoms. The Morgan fingerprint density at radius 3 is 2.75 bits per heavy atom. The van der Waals surface area contributed by atoms with E-state index in [1.54, 1.807) is 10.7 Å². The summed E-state index contributed by atoms with van der Waals surface area (Å²) >= 11 is 0. The van der Waals surface area contributed by atoms with E-state index in [-0.39, 0.29) is 18.1 Å². The fourth-order valence-corrected chi connectivity index (χ4v) is 3.15. The average molecular weight is 379 g/mol. The molecule has 1 amide bonds. The molecule has 8 heteroatoms. The zero-order chi connectivity index (χ0) is 19.7. The highest BCUT2D eigenvalue weighted by molar-refractivity contribution is 5.94. The normalized spacial score (nSPS) is 12.8. The van der Waals surface area contributed by atoms with Crippen LogP contribution >= 0.6 is 0 Å². The Bertz CT molecular complexity index is 1010. The first-order valence-electron chi connectivity index (χ1n) is 8.96. The molecule has 1 aromatic heterocycles. The molecule has 1 aliphatic heterocycles. The van der Waals surface area contributed by atoms with Crippen molar-refractivity contribution in [3.05, 3.63) is 59.4 Å². The van der Waals surface area contributed by atoms with Gasteiger partial charge in [-0.25, -0.2) is 4.68 Å². The van der Waals surface area contributed by atoms with Crippen LogP contribution in [0.3, 0.4) is 0 Å². The second kappa shape index (κ2) is 6.95. The molecule has 0 unspecified atom stereocenters. The largest absolute Gasteiger partial charge is 0.454 e. The van der Waals surface area contributed by atoms with Crippen LogP contribution in [-0.2, 0) is 5.41 Å². The maximum absolute atomic E-state index is 12.7. The topological polar surface area (TPSA) is 91.2 Å². The monoisotopic (exact) mass is 379 g/mol. The molecule has 0 aliphatic carbocycles. The SMILES string of the molecule is Cc1cc(C(=O)NCC(C)(C)c2ccc3c(c2)OCO3)ccc1-n1cnnn1. The highest BCUT2D eigenvalue weighted by Gasteiger charge is 2.25. The van der Waals surface area contributed by atoms with Gasteiger partial charge in [0.05, 0.1) is 5.69 Å². The summed E-state index contributed by atoms with van der Waals surface area (Å²) in [6.45, 7) is 6.81. The van der Waals surface area contributed by atoms with Crippen molar-refractivity contribution in [2.45, 2.75) is 26.2 Å². The van der Waals surface area contributed by atoms with E-state index in [9.17, 15) is 4.79 Å². The summed E-state index contributed by atoms with van der Waals surface area (Å²) in [5.74, 6) is 1.37. The lowest BCUT2D eigenvalue weighted by Crippen LogP contribution is -2.36. The van der Waals surface area contributed by atoms with E-state index in [2.05, 4.69) is 34.7 Å². The van der Waals surface area contributed by atoms with Gasteiger partial charge in [0.1, 0.15) is 6.33 Å². The fourth-order valence-electron chi connectivity index (χ4n) is 3.15. The molecule has 0 bridgehead atoms. The first-order chi connectivity index (χ1) is 13.4. The Morgan fingerprint density at radius 1 is 1.18 bits per heavy atom. The maximum atomic E-state index is 12.7. The van der Waals surface area contributed by atoms with Gasteiger partial charge in [-0.05, 0) is 58.8 Å². The second-order valence-electron chi connectivity index (χ2n) is 7.39. The van der Waals surface area contributed by atoms with E-state index in [0.29, 0.717) is 12.1 Å².